The molecular weight excluding hydrogens is 268 g/mol. The van der Waals surface area contributed by atoms with Gasteiger partial charge in [-0.1, -0.05) is 60.7 Å². The molecule has 22 heavy (non-hydrogen) atoms. The van der Waals surface area contributed by atoms with Crippen LogP contribution in [0.5, 0.6) is 0 Å². The number of aliphatic hydroxyl groups is 1. The average molecular weight is 282 g/mol. The maximum absolute atomic E-state index is 9.73. The van der Waals surface area contributed by atoms with Crippen LogP contribution in [0.1, 0.15) is 5.56 Å². The summed E-state index contributed by atoms with van der Waals surface area (Å²) in [5, 5.41) is 19.8. The lowest BCUT2D eigenvalue weighted by molar-refractivity contribution is 0.283. The van der Waals surface area contributed by atoms with E-state index in [4.69, 9.17) is 0 Å². The molecule has 0 saturated carbocycles. The number of hydrogen-bond acceptors (Lipinski definition) is 1. The van der Waals surface area contributed by atoms with Crippen LogP contribution >= 0.6 is 0 Å². The minimum atomic E-state index is 0.0707. The molecule has 5 aromatic carbocycles. The standard InChI is InChI=1S/C21H14O/c22-12-17-6-2-5-15-11-16-8-7-13-3-1-4-14-9-10-18(19(15)17)21(16)20(13)14/h1-11,22H,12H2. The van der Waals surface area contributed by atoms with Gasteiger partial charge in [0.1, 0.15) is 0 Å². The second-order valence-corrected chi connectivity index (χ2v) is 5.91. The van der Waals surface area contributed by atoms with E-state index in [1.807, 2.05) is 12.1 Å². The first kappa shape index (κ1) is 12.0. The Morgan fingerprint density at radius 1 is 0.591 bits per heavy atom. The Morgan fingerprint density at radius 2 is 1.23 bits per heavy atom. The zero-order valence-corrected chi connectivity index (χ0v) is 12.0. The van der Waals surface area contributed by atoms with Crippen molar-refractivity contribution in [2.24, 2.45) is 0 Å². The minimum Gasteiger partial charge on any atom is -0.392 e. The largest absolute Gasteiger partial charge is 0.392 e. The highest BCUT2D eigenvalue weighted by molar-refractivity contribution is 6.29. The van der Waals surface area contributed by atoms with Gasteiger partial charge in [-0.15, -0.1) is 0 Å². The molecule has 1 N–H and O–H groups in total. The van der Waals surface area contributed by atoms with E-state index in [2.05, 4.69) is 54.6 Å². The lowest BCUT2D eigenvalue weighted by Gasteiger charge is -2.14. The summed E-state index contributed by atoms with van der Waals surface area (Å²) in [5.41, 5.74) is 0.996. The number of aliphatic hydroxyl groups excluding tert-OH is 1. The Morgan fingerprint density at radius 3 is 2.05 bits per heavy atom. The zero-order valence-electron chi connectivity index (χ0n) is 12.0. The molecule has 5 aromatic rings. The highest BCUT2D eigenvalue weighted by atomic mass is 16.3. The van der Waals surface area contributed by atoms with Crippen molar-refractivity contribution >= 4 is 43.1 Å². The monoisotopic (exact) mass is 282 g/mol. The SMILES string of the molecule is OCc1cccc2cc3ccc4cccc5ccc(c12)c3c45. The second kappa shape index (κ2) is 4.19. The van der Waals surface area contributed by atoms with Gasteiger partial charge in [-0.3, -0.25) is 0 Å². The Bertz CT molecular complexity index is 1140. The van der Waals surface area contributed by atoms with Crippen molar-refractivity contribution in [1.82, 2.24) is 0 Å². The third kappa shape index (κ3) is 1.41. The fraction of sp³-hybridized carbons (Fsp3) is 0.0476. The molecule has 0 radical (unpaired) electrons. The molecule has 0 atom stereocenters. The zero-order chi connectivity index (χ0) is 14.7. The van der Waals surface area contributed by atoms with Crippen molar-refractivity contribution in [2.45, 2.75) is 6.61 Å². The van der Waals surface area contributed by atoms with Gasteiger partial charge in [-0.25, -0.2) is 0 Å². The quantitative estimate of drug-likeness (QED) is 0.330. The highest BCUT2D eigenvalue weighted by Gasteiger charge is 2.12. The molecule has 0 bridgehead atoms. The van der Waals surface area contributed by atoms with E-state index in [-0.39, 0.29) is 6.61 Å². The molecule has 0 unspecified atom stereocenters. The topological polar surface area (TPSA) is 20.2 Å². The minimum absolute atomic E-state index is 0.0707. The number of rotatable bonds is 1. The predicted octanol–water partition coefficient (Wildman–Crippen LogP) is 5.23. The summed E-state index contributed by atoms with van der Waals surface area (Å²) in [6.45, 7) is 0.0707. The maximum Gasteiger partial charge on any atom is 0.0688 e. The normalized spacial score (nSPS) is 12.0. The molecule has 0 aliphatic heterocycles. The van der Waals surface area contributed by atoms with Crippen molar-refractivity contribution in [2.75, 3.05) is 0 Å². The Labute approximate surface area is 127 Å². The molecular formula is C21H14O. The Kier molecular flexibility index (Phi) is 2.28. The molecule has 0 amide bonds. The Balaban J connectivity index is 2.18. The molecule has 0 heterocycles. The van der Waals surface area contributed by atoms with E-state index in [1.54, 1.807) is 0 Å². The Hall–Kier alpha value is -2.64. The van der Waals surface area contributed by atoms with Crippen LogP contribution in [0.25, 0.3) is 43.1 Å². The smallest absolute Gasteiger partial charge is 0.0688 e. The first-order chi connectivity index (χ1) is 10.9. The summed E-state index contributed by atoms with van der Waals surface area (Å²) in [6.07, 6.45) is 0. The van der Waals surface area contributed by atoms with Crippen LogP contribution in [-0.4, -0.2) is 5.11 Å². The fourth-order valence-electron chi connectivity index (χ4n) is 3.81. The van der Waals surface area contributed by atoms with Crippen molar-refractivity contribution in [3.05, 3.63) is 72.3 Å². The third-order valence-corrected chi connectivity index (χ3v) is 4.74. The first-order valence-corrected chi connectivity index (χ1v) is 7.56. The van der Waals surface area contributed by atoms with E-state index in [0.29, 0.717) is 0 Å². The molecule has 0 aliphatic carbocycles. The van der Waals surface area contributed by atoms with Crippen LogP contribution in [0.15, 0.2) is 66.7 Å². The average Bonchev–Trinajstić information content (AvgIpc) is 2.58. The number of fused-ring (bicyclic) bond motifs is 2. The van der Waals surface area contributed by atoms with Crippen molar-refractivity contribution < 1.29 is 5.11 Å². The molecule has 1 heteroatoms. The molecule has 0 saturated heterocycles. The highest BCUT2D eigenvalue weighted by Crippen LogP contribution is 2.39. The van der Waals surface area contributed by atoms with Crippen LogP contribution in [0.2, 0.25) is 0 Å². The molecule has 0 fully saturated rings. The van der Waals surface area contributed by atoms with Gasteiger partial charge in [-0.2, -0.15) is 0 Å². The van der Waals surface area contributed by atoms with Gasteiger partial charge in [0.05, 0.1) is 6.61 Å². The van der Waals surface area contributed by atoms with E-state index in [0.717, 1.165) is 5.56 Å². The third-order valence-electron chi connectivity index (χ3n) is 4.74. The molecule has 0 aliphatic rings. The lowest BCUT2D eigenvalue weighted by Crippen LogP contribution is -1.90. The maximum atomic E-state index is 9.73. The van der Waals surface area contributed by atoms with Gasteiger partial charge in [0.15, 0.2) is 0 Å². The fourth-order valence-corrected chi connectivity index (χ4v) is 3.81. The summed E-state index contributed by atoms with van der Waals surface area (Å²) in [4.78, 5) is 0. The molecule has 5 rings (SSSR count). The van der Waals surface area contributed by atoms with E-state index >= 15 is 0 Å². The van der Waals surface area contributed by atoms with Gasteiger partial charge < -0.3 is 5.11 Å². The van der Waals surface area contributed by atoms with Gasteiger partial charge >= 0.3 is 0 Å². The molecule has 0 aromatic heterocycles. The van der Waals surface area contributed by atoms with E-state index < -0.39 is 0 Å². The van der Waals surface area contributed by atoms with E-state index in [9.17, 15) is 5.11 Å². The summed E-state index contributed by atoms with van der Waals surface area (Å²) in [7, 11) is 0. The summed E-state index contributed by atoms with van der Waals surface area (Å²) >= 11 is 0. The van der Waals surface area contributed by atoms with E-state index in [1.165, 1.54) is 43.1 Å². The van der Waals surface area contributed by atoms with Crippen LogP contribution in [0.4, 0.5) is 0 Å². The number of benzene rings is 5. The van der Waals surface area contributed by atoms with Crippen LogP contribution in [-0.2, 0) is 6.61 Å². The second-order valence-electron chi connectivity index (χ2n) is 5.91. The van der Waals surface area contributed by atoms with Gasteiger partial charge in [0, 0.05) is 0 Å². The lowest BCUT2D eigenvalue weighted by atomic mass is 9.89. The van der Waals surface area contributed by atoms with Gasteiger partial charge in [0.2, 0.25) is 0 Å². The molecule has 0 spiro atoms. The summed E-state index contributed by atoms with van der Waals surface area (Å²) < 4.78 is 0. The molecule has 104 valence electrons. The number of hydrogen-bond donors (Lipinski definition) is 1. The molecule has 1 nitrogen and oxygen atoms in total. The van der Waals surface area contributed by atoms with Gasteiger partial charge in [-0.05, 0) is 54.7 Å². The van der Waals surface area contributed by atoms with Crippen LogP contribution < -0.4 is 0 Å². The van der Waals surface area contributed by atoms with Crippen molar-refractivity contribution in [3.63, 3.8) is 0 Å². The summed E-state index contributed by atoms with van der Waals surface area (Å²) in [6, 6.07) is 23.6. The van der Waals surface area contributed by atoms with Gasteiger partial charge in [0.25, 0.3) is 0 Å². The van der Waals surface area contributed by atoms with Crippen molar-refractivity contribution in [3.8, 4) is 0 Å². The predicted molar refractivity (Wildman–Crippen MR) is 93.6 cm³/mol. The van der Waals surface area contributed by atoms with Crippen LogP contribution in [0, 0.1) is 0 Å². The van der Waals surface area contributed by atoms with Crippen molar-refractivity contribution in [1.29, 1.82) is 0 Å². The first-order valence-electron chi connectivity index (χ1n) is 7.56. The van der Waals surface area contributed by atoms with Crippen LogP contribution in [0.3, 0.4) is 0 Å². The summed E-state index contributed by atoms with van der Waals surface area (Å²) in [5.74, 6) is 0.